The van der Waals surface area contributed by atoms with Crippen LogP contribution < -0.4 is 9.80 Å². The first kappa shape index (κ1) is 19.5. The van der Waals surface area contributed by atoms with Crippen molar-refractivity contribution in [1.82, 2.24) is 0 Å². The quantitative estimate of drug-likeness (QED) is 0.589. The molecular formula is C25H27FN2O. The highest BCUT2D eigenvalue weighted by atomic mass is 19.1. The normalized spacial score (nSPS) is 18.0. The smallest absolute Gasteiger partial charge is 0.123 e. The van der Waals surface area contributed by atoms with Gasteiger partial charge in [0.25, 0.3) is 0 Å². The van der Waals surface area contributed by atoms with Crippen LogP contribution in [0, 0.1) is 5.82 Å². The second-order valence-corrected chi connectivity index (χ2v) is 7.94. The number of hydrogen-bond donors (Lipinski definition) is 0. The van der Waals surface area contributed by atoms with Crippen LogP contribution in [0.15, 0.2) is 72.8 Å². The molecule has 0 fully saturated rings. The second kappa shape index (κ2) is 7.88. The molecule has 0 spiro atoms. The molecule has 150 valence electrons. The van der Waals surface area contributed by atoms with Crippen molar-refractivity contribution in [1.29, 1.82) is 0 Å². The number of benzene rings is 3. The number of para-hydroxylation sites is 1. The first-order valence-electron chi connectivity index (χ1n) is 9.91. The molecule has 0 amide bonds. The topological polar surface area (TPSA) is 15.7 Å². The summed E-state index contributed by atoms with van der Waals surface area (Å²) < 4.78 is 19.5. The summed E-state index contributed by atoms with van der Waals surface area (Å²) in [7, 11) is 5.89. The van der Waals surface area contributed by atoms with Crippen molar-refractivity contribution in [3.8, 4) is 0 Å². The van der Waals surface area contributed by atoms with Crippen LogP contribution in [0.4, 0.5) is 15.8 Å². The molecule has 0 N–H and O–H groups in total. The minimum absolute atomic E-state index is 0.206. The fourth-order valence-electron chi connectivity index (χ4n) is 4.20. The third-order valence-corrected chi connectivity index (χ3v) is 5.80. The summed E-state index contributed by atoms with van der Waals surface area (Å²) >= 11 is 0. The van der Waals surface area contributed by atoms with Crippen molar-refractivity contribution in [2.75, 3.05) is 37.5 Å². The molecule has 4 rings (SSSR count). The minimum Gasteiger partial charge on any atom is -0.378 e. The van der Waals surface area contributed by atoms with Gasteiger partial charge in [-0.05, 0) is 41.5 Å². The van der Waals surface area contributed by atoms with E-state index in [1.807, 2.05) is 26.2 Å². The lowest BCUT2D eigenvalue weighted by Crippen LogP contribution is -2.37. The molecule has 0 aromatic heterocycles. The van der Waals surface area contributed by atoms with Gasteiger partial charge in [0.1, 0.15) is 11.4 Å². The fourth-order valence-corrected chi connectivity index (χ4v) is 4.20. The van der Waals surface area contributed by atoms with E-state index in [0.29, 0.717) is 0 Å². The van der Waals surface area contributed by atoms with Crippen molar-refractivity contribution in [3.63, 3.8) is 0 Å². The molecule has 4 heteroatoms. The number of anilines is 2. The Kier molecular flexibility index (Phi) is 5.29. The average molecular weight is 391 g/mol. The number of methoxy groups -OCH3 is 1. The summed E-state index contributed by atoms with van der Waals surface area (Å²) in [6.45, 7) is 1.48. The molecule has 1 aliphatic rings. The summed E-state index contributed by atoms with van der Waals surface area (Å²) in [4.78, 5) is 4.44. The van der Waals surface area contributed by atoms with Gasteiger partial charge in [0, 0.05) is 51.1 Å². The molecule has 0 bridgehead atoms. The van der Waals surface area contributed by atoms with Crippen molar-refractivity contribution in [2.45, 2.75) is 18.6 Å². The Morgan fingerprint density at radius 2 is 1.59 bits per heavy atom. The number of ether oxygens (including phenoxy) is 1. The lowest BCUT2D eigenvalue weighted by molar-refractivity contribution is -0.000542. The Bertz CT molecular complexity index is 969. The van der Waals surface area contributed by atoms with E-state index in [-0.39, 0.29) is 5.82 Å². The summed E-state index contributed by atoms with van der Waals surface area (Å²) in [5, 5.41) is 0. The SMILES string of the molecule is COC1(Cc2ccc(N(C)C)cc2)CN(Cc2ccc(F)cc2)c2ccccc21. The van der Waals surface area contributed by atoms with Crippen molar-refractivity contribution in [2.24, 2.45) is 0 Å². The third kappa shape index (κ3) is 3.85. The highest BCUT2D eigenvalue weighted by Crippen LogP contribution is 2.44. The first-order valence-corrected chi connectivity index (χ1v) is 9.91. The number of nitrogens with zero attached hydrogens (tertiary/aromatic N) is 2. The van der Waals surface area contributed by atoms with Crippen LogP contribution in [0.5, 0.6) is 0 Å². The van der Waals surface area contributed by atoms with Crippen molar-refractivity contribution >= 4 is 11.4 Å². The number of hydrogen-bond acceptors (Lipinski definition) is 3. The van der Waals surface area contributed by atoms with E-state index in [2.05, 4.69) is 58.3 Å². The van der Waals surface area contributed by atoms with Gasteiger partial charge in [0.2, 0.25) is 0 Å². The Hall–Kier alpha value is -2.85. The largest absolute Gasteiger partial charge is 0.378 e. The van der Waals surface area contributed by atoms with Gasteiger partial charge in [0.05, 0.1) is 6.54 Å². The highest BCUT2D eigenvalue weighted by molar-refractivity contribution is 5.62. The van der Waals surface area contributed by atoms with E-state index in [1.54, 1.807) is 7.11 Å². The van der Waals surface area contributed by atoms with Crippen LogP contribution in [-0.4, -0.2) is 27.7 Å². The number of fused-ring (bicyclic) bond motifs is 1. The third-order valence-electron chi connectivity index (χ3n) is 5.80. The van der Waals surface area contributed by atoms with Crippen LogP contribution in [0.25, 0.3) is 0 Å². The maximum atomic E-state index is 13.3. The summed E-state index contributed by atoms with van der Waals surface area (Å²) in [6, 6.07) is 23.9. The Morgan fingerprint density at radius 3 is 2.24 bits per heavy atom. The molecule has 0 saturated heterocycles. The first-order chi connectivity index (χ1) is 14.0. The van der Waals surface area contributed by atoms with Crippen molar-refractivity contribution < 1.29 is 9.13 Å². The van der Waals surface area contributed by atoms with E-state index in [9.17, 15) is 4.39 Å². The van der Waals surface area contributed by atoms with Crippen LogP contribution in [0.2, 0.25) is 0 Å². The molecule has 0 radical (unpaired) electrons. The van der Waals surface area contributed by atoms with Crippen LogP contribution in [0.3, 0.4) is 0 Å². The maximum Gasteiger partial charge on any atom is 0.123 e. The Labute approximate surface area is 172 Å². The molecular weight excluding hydrogens is 363 g/mol. The lowest BCUT2D eigenvalue weighted by Gasteiger charge is -2.30. The van der Waals surface area contributed by atoms with Gasteiger partial charge >= 0.3 is 0 Å². The molecule has 0 saturated carbocycles. The summed E-state index contributed by atoms with van der Waals surface area (Å²) in [6.07, 6.45) is 0.800. The van der Waals surface area contributed by atoms with Gasteiger partial charge in [0.15, 0.2) is 0 Å². The zero-order valence-corrected chi connectivity index (χ0v) is 17.2. The minimum atomic E-state index is -0.406. The molecule has 1 unspecified atom stereocenters. The summed E-state index contributed by atoms with van der Waals surface area (Å²) in [5.74, 6) is -0.206. The number of rotatable bonds is 6. The molecule has 29 heavy (non-hydrogen) atoms. The highest BCUT2D eigenvalue weighted by Gasteiger charge is 2.42. The number of halogens is 1. The van der Waals surface area contributed by atoms with Crippen LogP contribution >= 0.6 is 0 Å². The Morgan fingerprint density at radius 1 is 0.931 bits per heavy atom. The van der Waals surface area contributed by atoms with Gasteiger partial charge in [-0.2, -0.15) is 0 Å². The van der Waals surface area contributed by atoms with Crippen LogP contribution in [-0.2, 0) is 23.3 Å². The van der Waals surface area contributed by atoms with Gasteiger partial charge in [-0.1, -0.05) is 42.5 Å². The monoisotopic (exact) mass is 390 g/mol. The average Bonchev–Trinajstić information content (AvgIpc) is 3.04. The predicted molar refractivity (Wildman–Crippen MR) is 117 cm³/mol. The van der Waals surface area contributed by atoms with Gasteiger partial charge in [-0.3, -0.25) is 0 Å². The zero-order chi connectivity index (χ0) is 20.4. The van der Waals surface area contributed by atoms with Crippen molar-refractivity contribution in [3.05, 3.63) is 95.3 Å². The summed E-state index contributed by atoms with van der Waals surface area (Å²) in [5.41, 5.74) is 5.50. The van der Waals surface area contributed by atoms with E-state index >= 15 is 0 Å². The van der Waals surface area contributed by atoms with Gasteiger partial charge in [-0.25, -0.2) is 4.39 Å². The lowest BCUT2D eigenvalue weighted by atomic mass is 9.88. The standard InChI is InChI=1S/C25H27FN2O/c1-27(2)22-14-10-19(11-15-22)16-25(29-3)18-28(24-7-5-4-6-23(24)25)17-20-8-12-21(26)13-9-20/h4-15H,16-18H2,1-3H3. The second-order valence-electron chi connectivity index (χ2n) is 7.94. The van der Waals surface area contributed by atoms with Gasteiger partial charge < -0.3 is 14.5 Å². The maximum absolute atomic E-state index is 13.3. The molecule has 3 aromatic carbocycles. The van der Waals surface area contributed by atoms with E-state index in [0.717, 1.165) is 25.1 Å². The molecule has 1 aliphatic heterocycles. The Balaban J connectivity index is 1.63. The van der Waals surface area contributed by atoms with E-state index in [1.165, 1.54) is 34.6 Å². The molecule has 3 nitrogen and oxygen atoms in total. The molecule has 1 heterocycles. The molecule has 1 atom stereocenters. The van der Waals surface area contributed by atoms with E-state index < -0.39 is 5.60 Å². The molecule has 3 aromatic rings. The van der Waals surface area contributed by atoms with Crippen LogP contribution in [0.1, 0.15) is 16.7 Å². The zero-order valence-electron chi connectivity index (χ0n) is 17.2. The predicted octanol–water partition coefficient (Wildman–Crippen LogP) is 5.00. The molecule has 0 aliphatic carbocycles. The van der Waals surface area contributed by atoms with Gasteiger partial charge in [-0.15, -0.1) is 0 Å². The van der Waals surface area contributed by atoms with E-state index in [4.69, 9.17) is 4.74 Å². The fraction of sp³-hybridized carbons (Fsp3) is 0.280.